The Kier molecular flexibility index (Phi) is 3.84. The fraction of sp³-hybridized carbons (Fsp3) is 0.417. The molecule has 0 unspecified atom stereocenters. The van der Waals surface area contributed by atoms with Gasteiger partial charge in [0.25, 0.3) is 14.2 Å². The van der Waals surface area contributed by atoms with E-state index < -0.39 is 14.6 Å². The molecule has 2 aromatic rings. The molecule has 0 aliphatic heterocycles. The minimum Gasteiger partial charge on any atom is -0.295 e. The van der Waals surface area contributed by atoms with Gasteiger partial charge in [0, 0.05) is 35.0 Å². The van der Waals surface area contributed by atoms with Gasteiger partial charge in [-0.2, -0.15) is 0 Å². The van der Waals surface area contributed by atoms with E-state index in [9.17, 15) is 8.42 Å². The number of pyridine rings is 1. The molecule has 0 N–H and O–H groups in total. The molecule has 6 nitrogen and oxygen atoms in total. The zero-order valence-electron chi connectivity index (χ0n) is 11.4. The van der Waals surface area contributed by atoms with Gasteiger partial charge in [0.15, 0.2) is 0 Å². The SMILES string of the molecule is CC(C)(C)n1c(Cc2cccnc2)nnc1S(=O)(=O)Cl. The van der Waals surface area contributed by atoms with Gasteiger partial charge in [-0.1, -0.05) is 6.07 Å². The van der Waals surface area contributed by atoms with Crippen molar-refractivity contribution in [3.63, 3.8) is 0 Å². The highest BCUT2D eigenvalue weighted by Gasteiger charge is 2.29. The molecule has 0 spiro atoms. The third-order valence-corrected chi connectivity index (χ3v) is 3.79. The van der Waals surface area contributed by atoms with Crippen LogP contribution in [-0.2, 0) is 21.0 Å². The molecule has 0 saturated carbocycles. The lowest BCUT2D eigenvalue weighted by Gasteiger charge is -2.24. The Bertz CT molecular complexity index is 705. The molecule has 0 aliphatic carbocycles. The normalized spacial score (nSPS) is 12.6. The highest BCUT2D eigenvalue weighted by Crippen LogP contribution is 2.24. The number of halogens is 1. The molecule has 8 heteroatoms. The Morgan fingerprint density at radius 3 is 2.50 bits per heavy atom. The molecule has 0 amide bonds. The molecule has 2 heterocycles. The van der Waals surface area contributed by atoms with E-state index in [2.05, 4.69) is 15.2 Å². The monoisotopic (exact) mass is 314 g/mol. The first kappa shape index (κ1) is 14.9. The molecule has 0 bridgehead atoms. The molecule has 0 atom stereocenters. The lowest BCUT2D eigenvalue weighted by atomic mass is 10.1. The van der Waals surface area contributed by atoms with E-state index in [0.717, 1.165) is 5.56 Å². The van der Waals surface area contributed by atoms with Crippen LogP contribution in [0.25, 0.3) is 0 Å². The molecule has 0 aromatic carbocycles. The first-order valence-electron chi connectivity index (χ1n) is 5.98. The van der Waals surface area contributed by atoms with Crippen molar-refractivity contribution in [3.8, 4) is 0 Å². The first-order valence-corrected chi connectivity index (χ1v) is 8.29. The maximum Gasteiger partial charge on any atom is 0.296 e. The van der Waals surface area contributed by atoms with E-state index in [1.54, 1.807) is 17.0 Å². The zero-order chi connectivity index (χ0) is 15.0. The predicted octanol–water partition coefficient (Wildman–Crippen LogP) is 1.95. The maximum atomic E-state index is 11.6. The van der Waals surface area contributed by atoms with Gasteiger partial charge in [-0.3, -0.25) is 9.55 Å². The molecule has 20 heavy (non-hydrogen) atoms. The van der Waals surface area contributed by atoms with Crippen LogP contribution in [-0.4, -0.2) is 28.2 Å². The maximum absolute atomic E-state index is 11.6. The van der Waals surface area contributed by atoms with Crippen molar-refractivity contribution in [2.24, 2.45) is 0 Å². The van der Waals surface area contributed by atoms with Crippen LogP contribution in [0.4, 0.5) is 0 Å². The summed E-state index contributed by atoms with van der Waals surface area (Å²) in [6.07, 6.45) is 3.81. The topological polar surface area (TPSA) is 77.7 Å². The van der Waals surface area contributed by atoms with E-state index >= 15 is 0 Å². The van der Waals surface area contributed by atoms with Crippen molar-refractivity contribution in [3.05, 3.63) is 35.9 Å². The Balaban J connectivity index is 2.53. The largest absolute Gasteiger partial charge is 0.296 e. The second kappa shape index (κ2) is 5.14. The summed E-state index contributed by atoms with van der Waals surface area (Å²) in [4.78, 5) is 4.03. The summed E-state index contributed by atoms with van der Waals surface area (Å²) in [5, 5.41) is 7.46. The van der Waals surface area contributed by atoms with Crippen LogP contribution in [0.2, 0.25) is 0 Å². The average molecular weight is 315 g/mol. The van der Waals surface area contributed by atoms with Crippen molar-refractivity contribution < 1.29 is 8.42 Å². The van der Waals surface area contributed by atoms with Gasteiger partial charge in [-0.15, -0.1) is 10.2 Å². The van der Waals surface area contributed by atoms with E-state index in [1.165, 1.54) is 0 Å². The van der Waals surface area contributed by atoms with E-state index in [0.29, 0.717) is 12.2 Å². The van der Waals surface area contributed by atoms with Crippen LogP contribution in [0, 0.1) is 0 Å². The summed E-state index contributed by atoms with van der Waals surface area (Å²) < 4.78 is 24.7. The fourth-order valence-corrected chi connectivity index (χ4v) is 2.97. The summed E-state index contributed by atoms with van der Waals surface area (Å²) in [5.41, 5.74) is 0.419. The van der Waals surface area contributed by atoms with Gasteiger partial charge in [-0.25, -0.2) is 8.42 Å². The van der Waals surface area contributed by atoms with Crippen LogP contribution < -0.4 is 0 Å². The summed E-state index contributed by atoms with van der Waals surface area (Å²) in [6, 6.07) is 3.70. The average Bonchev–Trinajstić information content (AvgIpc) is 2.73. The summed E-state index contributed by atoms with van der Waals surface area (Å²) in [6.45, 7) is 5.61. The second-order valence-electron chi connectivity index (χ2n) is 5.38. The Hall–Kier alpha value is -1.47. The van der Waals surface area contributed by atoms with Crippen molar-refractivity contribution in [2.75, 3.05) is 0 Å². The Morgan fingerprint density at radius 2 is 2.00 bits per heavy atom. The van der Waals surface area contributed by atoms with Crippen molar-refractivity contribution >= 4 is 19.7 Å². The second-order valence-corrected chi connectivity index (χ2v) is 7.84. The van der Waals surface area contributed by atoms with E-state index in [4.69, 9.17) is 10.7 Å². The lowest BCUT2D eigenvalue weighted by Crippen LogP contribution is -2.27. The standard InChI is InChI=1S/C12H15ClN4O2S/c1-12(2,3)17-10(7-9-5-4-6-14-8-9)15-16-11(17)20(13,18)19/h4-6,8H,7H2,1-3H3. The fourth-order valence-electron chi connectivity index (χ4n) is 1.93. The molecule has 0 aliphatic rings. The number of hydrogen-bond acceptors (Lipinski definition) is 5. The van der Waals surface area contributed by atoms with Crippen LogP contribution in [0.5, 0.6) is 0 Å². The van der Waals surface area contributed by atoms with Crippen LogP contribution in [0.1, 0.15) is 32.2 Å². The summed E-state index contributed by atoms with van der Waals surface area (Å²) >= 11 is 0. The summed E-state index contributed by atoms with van der Waals surface area (Å²) in [7, 11) is 1.48. The van der Waals surface area contributed by atoms with E-state index in [-0.39, 0.29) is 5.16 Å². The predicted molar refractivity (Wildman–Crippen MR) is 75.1 cm³/mol. The van der Waals surface area contributed by atoms with Gasteiger partial charge < -0.3 is 0 Å². The first-order chi connectivity index (χ1) is 9.19. The summed E-state index contributed by atoms with van der Waals surface area (Å²) in [5.74, 6) is 0.532. The minimum absolute atomic E-state index is 0.231. The highest BCUT2D eigenvalue weighted by molar-refractivity contribution is 8.13. The van der Waals surface area contributed by atoms with Crippen molar-refractivity contribution in [1.29, 1.82) is 0 Å². The molecule has 108 valence electrons. The minimum atomic E-state index is -3.94. The molecule has 0 fully saturated rings. The van der Waals surface area contributed by atoms with Crippen LogP contribution in [0.15, 0.2) is 29.7 Å². The highest BCUT2D eigenvalue weighted by atomic mass is 35.7. The van der Waals surface area contributed by atoms with Gasteiger partial charge in [0.05, 0.1) is 0 Å². The number of aromatic nitrogens is 4. The van der Waals surface area contributed by atoms with Crippen LogP contribution >= 0.6 is 10.7 Å². The van der Waals surface area contributed by atoms with Crippen molar-refractivity contribution in [1.82, 2.24) is 19.7 Å². The molecule has 2 rings (SSSR count). The van der Waals surface area contributed by atoms with Crippen LogP contribution in [0.3, 0.4) is 0 Å². The van der Waals surface area contributed by atoms with Crippen molar-refractivity contribution in [2.45, 2.75) is 37.9 Å². The molecule has 0 saturated heterocycles. The number of rotatable bonds is 3. The molecule has 0 radical (unpaired) electrons. The van der Waals surface area contributed by atoms with Gasteiger partial charge in [-0.05, 0) is 32.4 Å². The van der Waals surface area contributed by atoms with Gasteiger partial charge in [0.2, 0.25) is 0 Å². The molecule has 2 aromatic heterocycles. The van der Waals surface area contributed by atoms with Gasteiger partial charge in [0.1, 0.15) is 5.82 Å². The zero-order valence-corrected chi connectivity index (χ0v) is 13.0. The smallest absolute Gasteiger partial charge is 0.295 e. The molecular formula is C12H15ClN4O2S. The number of hydrogen-bond donors (Lipinski definition) is 0. The quantitative estimate of drug-likeness (QED) is 0.809. The third-order valence-electron chi connectivity index (χ3n) is 2.67. The van der Waals surface area contributed by atoms with Gasteiger partial charge >= 0.3 is 0 Å². The van der Waals surface area contributed by atoms with E-state index in [1.807, 2.05) is 32.9 Å². The number of nitrogens with zero attached hydrogens (tertiary/aromatic N) is 4. The lowest BCUT2D eigenvalue weighted by molar-refractivity contribution is 0.352. The molecular weight excluding hydrogens is 300 g/mol. The third kappa shape index (κ3) is 3.16. The Labute approximate surface area is 122 Å². The Morgan fingerprint density at radius 1 is 1.30 bits per heavy atom.